The van der Waals surface area contributed by atoms with Gasteiger partial charge >= 0.3 is 5.97 Å². The van der Waals surface area contributed by atoms with Crippen molar-refractivity contribution in [1.29, 1.82) is 0 Å². The van der Waals surface area contributed by atoms with Crippen molar-refractivity contribution in [1.82, 2.24) is 24.1 Å². The van der Waals surface area contributed by atoms with Crippen LogP contribution in [0.1, 0.15) is 28.3 Å². The number of aromatic carboxylic acids is 1. The molecule has 0 radical (unpaired) electrons. The van der Waals surface area contributed by atoms with E-state index in [1.807, 2.05) is 4.57 Å². The van der Waals surface area contributed by atoms with Crippen LogP contribution < -0.4 is 10.3 Å². The lowest BCUT2D eigenvalue weighted by Gasteiger charge is -2.27. The van der Waals surface area contributed by atoms with Gasteiger partial charge in [-0.25, -0.2) is 29.0 Å². The Bertz CT molecular complexity index is 1920. The third kappa shape index (κ3) is 5.45. The summed E-state index contributed by atoms with van der Waals surface area (Å²) in [5.74, 6) is -0.861. The Morgan fingerprint density at radius 1 is 1.14 bits per heavy atom. The normalized spacial score (nSPS) is 14.3. The largest absolute Gasteiger partial charge is 0.477 e. The molecule has 42 heavy (non-hydrogen) atoms. The van der Waals surface area contributed by atoms with Gasteiger partial charge in [0.15, 0.2) is 17.0 Å². The number of hydrogen-bond donors (Lipinski definition) is 1. The molecule has 1 N–H and O–H groups in total. The predicted octanol–water partition coefficient (Wildman–Crippen LogP) is 4.46. The Hall–Kier alpha value is -5.41. The van der Waals surface area contributed by atoms with E-state index in [0.717, 1.165) is 12.5 Å². The molecule has 5 aromatic rings. The molecular weight excluding hydrogens is 543 g/mol. The Labute approximate surface area is 238 Å². The number of fused-ring (bicyclic) bond motifs is 1. The van der Waals surface area contributed by atoms with Crippen molar-refractivity contribution in [2.45, 2.75) is 32.2 Å². The highest BCUT2D eigenvalue weighted by molar-refractivity contribution is 5.88. The number of carbonyl (C=O) groups is 1. The maximum Gasteiger partial charge on any atom is 0.354 e. The first-order chi connectivity index (χ1) is 20.4. The van der Waals surface area contributed by atoms with Crippen LogP contribution >= 0.6 is 0 Å². The van der Waals surface area contributed by atoms with E-state index in [2.05, 4.69) is 19.8 Å². The lowest BCUT2D eigenvalue weighted by Crippen LogP contribution is -2.32. The molecular formula is C30H23FN6O5. The van der Waals surface area contributed by atoms with Gasteiger partial charge in [0, 0.05) is 36.1 Å². The maximum absolute atomic E-state index is 14.2. The number of carboxylic acid groups (broad SMARTS) is 1. The third-order valence-electron chi connectivity index (χ3n) is 6.94. The number of imidazole rings is 1. The lowest BCUT2D eigenvalue weighted by molar-refractivity contribution is -0.0591. The molecule has 1 aromatic carbocycles. The summed E-state index contributed by atoms with van der Waals surface area (Å²) in [7, 11) is 0. The minimum Gasteiger partial charge on any atom is -0.477 e. The molecule has 0 saturated carbocycles. The molecule has 0 bridgehead atoms. The van der Waals surface area contributed by atoms with E-state index in [1.54, 1.807) is 36.5 Å². The van der Waals surface area contributed by atoms with Gasteiger partial charge in [-0.3, -0.25) is 4.79 Å². The van der Waals surface area contributed by atoms with Gasteiger partial charge in [0.25, 0.3) is 5.56 Å². The summed E-state index contributed by atoms with van der Waals surface area (Å²) in [5.41, 5.74) is 2.14. The van der Waals surface area contributed by atoms with Crippen molar-refractivity contribution in [3.8, 4) is 17.1 Å². The number of benzene rings is 1. The van der Waals surface area contributed by atoms with Crippen LogP contribution in [-0.2, 0) is 24.4 Å². The van der Waals surface area contributed by atoms with Gasteiger partial charge in [-0.05, 0) is 36.8 Å². The van der Waals surface area contributed by atoms with Gasteiger partial charge in [-0.1, -0.05) is 18.2 Å². The number of halogens is 1. The fourth-order valence-corrected chi connectivity index (χ4v) is 4.59. The zero-order valence-electron chi connectivity index (χ0n) is 22.1. The van der Waals surface area contributed by atoms with Crippen molar-refractivity contribution >= 4 is 22.8 Å². The van der Waals surface area contributed by atoms with E-state index >= 15 is 0 Å². The average molecular weight is 567 g/mol. The van der Waals surface area contributed by atoms with E-state index in [-0.39, 0.29) is 42.1 Å². The molecule has 1 atom stereocenters. The summed E-state index contributed by atoms with van der Waals surface area (Å²) >= 11 is 0. The molecule has 12 heteroatoms. The highest BCUT2D eigenvalue weighted by atomic mass is 19.1. The molecule has 4 aromatic heterocycles. The molecule has 1 saturated heterocycles. The first kappa shape index (κ1) is 26.8. The summed E-state index contributed by atoms with van der Waals surface area (Å²) < 4.78 is 28.8. The van der Waals surface area contributed by atoms with Crippen LogP contribution in [0.25, 0.3) is 27.3 Å². The average Bonchev–Trinajstić information content (AvgIpc) is 3.31. The number of ether oxygens (including phenoxy) is 2. The van der Waals surface area contributed by atoms with E-state index in [0.29, 0.717) is 47.0 Å². The van der Waals surface area contributed by atoms with Crippen molar-refractivity contribution in [3.05, 3.63) is 112 Å². The first-order valence-corrected chi connectivity index (χ1v) is 13.1. The van der Waals surface area contributed by atoms with Crippen LogP contribution in [0.4, 0.5) is 10.1 Å². The topological polar surface area (TPSA) is 126 Å². The van der Waals surface area contributed by atoms with Gasteiger partial charge in [-0.2, -0.15) is 0 Å². The zero-order chi connectivity index (χ0) is 29.2. The predicted molar refractivity (Wildman–Crippen MR) is 149 cm³/mol. The molecule has 0 amide bonds. The number of hydrogen-bond acceptors (Lipinski definition) is 7. The summed E-state index contributed by atoms with van der Waals surface area (Å²) in [5, 5.41) is 9.40. The third-order valence-corrected chi connectivity index (χ3v) is 6.94. The smallest absolute Gasteiger partial charge is 0.354 e. The highest BCUT2D eigenvalue weighted by Crippen LogP contribution is 2.23. The molecule has 5 heterocycles. The van der Waals surface area contributed by atoms with Crippen LogP contribution in [0, 0.1) is 12.4 Å². The standard InChI is InChI=1S/C30H23FN6O5/c1-32-20-6-5-19(22(31)14-20)17-42-27-4-2-3-23(34-27)18-9-11-36(28(38)13-18)16-26-33-24-7-8-25(30(39)40)35-29(24)37(26)15-21-10-12-41-21/h2-9,11,13-14,21H,10,12,15-17H2,(H,39,40)/t21-/m0/s1. The minimum absolute atomic E-state index is 0.0364. The molecule has 1 aliphatic rings. The van der Waals surface area contributed by atoms with Crippen molar-refractivity contribution < 1.29 is 23.8 Å². The molecule has 1 aliphatic heterocycles. The summed E-state index contributed by atoms with van der Waals surface area (Å²) in [6, 6.07) is 15.5. The van der Waals surface area contributed by atoms with Gasteiger partial charge in [-0.15, -0.1) is 0 Å². The van der Waals surface area contributed by atoms with Crippen molar-refractivity contribution in [3.63, 3.8) is 0 Å². The fraction of sp³-hybridized carbons (Fsp3) is 0.200. The summed E-state index contributed by atoms with van der Waals surface area (Å²) in [4.78, 5) is 41.2. The lowest BCUT2D eigenvalue weighted by atomic mass is 10.2. The Balaban J connectivity index is 1.23. The quantitative estimate of drug-likeness (QED) is 0.259. The van der Waals surface area contributed by atoms with E-state index in [1.165, 1.54) is 28.8 Å². The van der Waals surface area contributed by atoms with Gasteiger partial charge in [0.1, 0.15) is 23.8 Å². The maximum atomic E-state index is 14.2. The second-order valence-electron chi connectivity index (χ2n) is 9.68. The van der Waals surface area contributed by atoms with Gasteiger partial charge in [0.05, 0.1) is 31.5 Å². The number of pyridine rings is 3. The molecule has 11 nitrogen and oxygen atoms in total. The molecule has 0 spiro atoms. The number of nitrogens with zero attached hydrogens (tertiary/aromatic N) is 6. The van der Waals surface area contributed by atoms with Crippen LogP contribution in [0.3, 0.4) is 0 Å². The molecule has 0 aliphatic carbocycles. The summed E-state index contributed by atoms with van der Waals surface area (Å²) in [6.07, 6.45) is 2.47. The van der Waals surface area contributed by atoms with Crippen LogP contribution in [-0.4, -0.2) is 47.9 Å². The van der Waals surface area contributed by atoms with Crippen molar-refractivity contribution in [2.24, 2.45) is 0 Å². The molecule has 0 unspecified atom stereocenters. The van der Waals surface area contributed by atoms with Crippen LogP contribution in [0.2, 0.25) is 0 Å². The zero-order valence-corrected chi connectivity index (χ0v) is 22.1. The van der Waals surface area contributed by atoms with Crippen LogP contribution in [0.5, 0.6) is 5.88 Å². The van der Waals surface area contributed by atoms with Gasteiger partial charge in [0.2, 0.25) is 5.88 Å². The number of carboxylic acids is 1. The van der Waals surface area contributed by atoms with E-state index in [4.69, 9.17) is 16.0 Å². The Morgan fingerprint density at radius 3 is 2.71 bits per heavy atom. The van der Waals surface area contributed by atoms with E-state index in [9.17, 15) is 19.1 Å². The molecule has 1 fully saturated rings. The van der Waals surface area contributed by atoms with Gasteiger partial charge < -0.3 is 23.7 Å². The fourth-order valence-electron chi connectivity index (χ4n) is 4.59. The first-order valence-electron chi connectivity index (χ1n) is 13.1. The number of rotatable bonds is 9. The monoisotopic (exact) mass is 566 g/mol. The van der Waals surface area contributed by atoms with Crippen LogP contribution in [0.15, 0.2) is 71.7 Å². The Morgan fingerprint density at radius 2 is 2.00 bits per heavy atom. The molecule has 210 valence electrons. The van der Waals surface area contributed by atoms with Crippen molar-refractivity contribution in [2.75, 3.05) is 6.61 Å². The SMILES string of the molecule is [C-]#[N+]c1ccc(COc2cccc(-c3ccn(Cc4nc5ccc(C(=O)O)nc5n4C[C@@H]4CCO4)c(=O)c3)n2)c(F)c1. The summed E-state index contributed by atoms with van der Waals surface area (Å²) in [6.45, 7) is 8.16. The second kappa shape index (κ2) is 11.2. The minimum atomic E-state index is -1.14. The molecule has 6 rings (SSSR count). The highest BCUT2D eigenvalue weighted by Gasteiger charge is 2.23. The second-order valence-corrected chi connectivity index (χ2v) is 9.68. The van der Waals surface area contributed by atoms with E-state index < -0.39 is 11.8 Å². The number of aromatic nitrogens is 5. The Kier molecular flexibility index (Phi) is 7.16.